The van der Waals surface area contributed by atoms with E-state index in [0.29, 0.717) is 27.5 Å². The van der Waals surface area contributed by atoms with E-state index in [9.17, 15) is 13.6 Å². The maximum atomic E-state index is 14.1. The summed E-state index contributed by atoms with van der Waals surface area (Å²) in [6, 6.07) is 9.40. The summed E-state index contributed by atoms with van der Waals surface area (Å²) in [6.07, 6.45) is 0. The van der Waals surface area contributed by atoms with E-state index < -0.39 is 11.7 Å². The molecule has 0 aliphatic rings. The molecule has 2 aromatic carbocycles. The summed E-state index contributed by atoms with van der Waals surface area (Å²) in [4.78, 5) is 11.3. The molecule has 0 N–H and O–H groups in total. The number of hydrogen-bond donors (Lipinski definition) is 0. The number of aryl methyl sites for hydroxylation is 1. The van der Waals surface area contributed by atoms with Crippen molar-refractivity contribution in [3.05, 3.63) is 58.2 Å². The van der Waals surface area contributed by atoms with Crippen molar-refractivity contribution in [2.24, 2.45) is 0 Å². The van der Waals surface area contributed by atoms with Gasteiger partial charge in [-0.25, -0.2) is 0 Å². The second-order valence-electron chi connectivity index (χ2n) is 6.03. The average Bonchev–Trinajstić information content (AvgIpc) is 2.92. The van der Waals surface area contributed by atoms with Crippen molar-refractivity contribution in [1.29, 1.82) is 0 Å². The Kier molecular flexibility index (Phi) is 4.71. The van der Waals surface area contributed by atoms with Gasteiger partial charge in [0, 0.05) is 28.5 Å². The highest BCUT2D eigenvalue weighted by Crippen LogP contribution is 2.33. The highest BCUT2D eigenvalue weighted by molar-refractivity contribution is 6.31. The molecule has 0 unspecified atom stereocenters. The molecule has 3 aromatic rings. The van der Waals surface area contributed by atoms with Crippen LogP contribution in [0.1, 0.15) is 23.7 Å². The normalized spacial score (nSPS) is 11.8. The number of carbonyl (C=O) groups is 1. The van der Waals surface area contributed by atoms with Gasteiger partial charge >= 0.3 is 5.92 Å². The van der Waals surface area contributed by atoms with Gasteiger partial charge in [-0.1, -0.05) is 29.8 Å². The molecule has 0 spiro atoms. The number of benzene rings is 2. The van der Waals surface area contributed by atoms with Gasteiger partial charge in [0.1, 0.15) is 5.75 Å². The molecule has 0 saturated heterocycles. The number of halogens is 3. The molecule has 136 valence electrons. The number of alkyl halides is 2. The number of nitrogens with zero attached hydrogens (tertiary/aromatic N) is 2. The van der Waals surface area contributed by atoms with E-state index in [0.717, 1.165) is 12.3 Å². The Morgan fingerprint density at radius 2 is 2.04 bits per heavy atom. The Bertz CT molecular complexity index is 999. The van der Waals surface area contributed by atoms with Crippen LogP contribution in [0.4, 0.5) is 8.78 Å². The van der Waals surface area contributed by atoms with Crippen LogP contribution in [0.25, 0.3) is 10.9 Å². The van der Waals surface area contributed by atoms with E-state index in [1.807, 2.05) is 0 Å². The highest BCUT2D eigenvalue weighted by atomic mass is 35.5. The van der Waals surface area contributed by atoms with Crippen molar-refractivity contribution >= 4 is 28.3 Å². The number of methoxy groups -OCH3 is 1. The second kappa shape index (κ2) is 6.68. The largest absolute Gasteiger partial charge is 0.496 e. The molecule has 1 aromatic heterocycles. The number of ketones is 1. The van der Waals surface area contributed by atoms with E-state index in [1.54, 1.807) is 35.9 Å². The molecule has 4 nitrogen and oxygen atoms in total. The van der Waals surface area contributed by atoms with Gasteiger partial charge in [0.2, 0.25) is 5.78 Å². The number of Topliss-reactive ketones (excluding diaryl/α,β-unsaturated/α-hetero) is 1. The molecule has 1 heterocycles. The summed E-state index contributed by atoms with van der Waals surface area (Å²) in [5, 5.41) is 5.67. The van der Waals surface area contributed by atoms with Gasteiger partial charge in [-0.2, -0.15) is 13.9 Å². The van der Waals surface area contributed by atoms with Gasteiger partial charge in [-0.3, -0.25) is 9.48 Å². The lowest BCUT2D eigenvalue weighted by atomic mass is 10.0. The van der Waals surface area contributed by atoms with Crippen molar-refractivity contribution in [2.75, 3.05) is 7.11 Å². The zero-order valence-electron chi connectivity index (χ0n) is 14.5. The SMILES string of the molecule is COc1cccc(Cl)c1Cn1nc(C)c2ccc(C(F)(F)C(C)=O)cc21. The van der Waals surface area contributed by atoms with Gasteiger partial charge in [0.25, 0.3) is 0 Å². The summed E-state index contributed by atoms with van der Waals surface area (Å²) in [6.45, 7) is 2.93. The first kappa shape index (κ1) is 18.3. The third kappa shape index (κ3) is 3.05. The van der Waals surface area contributed by atoms with Crippen LogP contribution in [0.2, 0.25) is 5.02 Å². The lowest BCUT2D eigenvalue weighted by Crippen LogP contribution is -2.23. The Labute approximate surface area is 154 Å². The molecule has 0 atom stereocenters. The van der Waals surface area contributed by atoms with Crippen LogP contribution in [0.15, 0.2) is 36.4 Å². The molecule has 0 amide bonds. The lowest BCUT2D eigenvalue weighted by molar-refractivity contribution is -0.141. The topological polar surface area (TPSA) is 44.1 Å². The zero-order valence-corrected chi connectivity index (χ0v) is 15.3. The molecular formula is C19H17ClF2N2O2. The first-order valence-electron chi connectivity index (χ1n) is 7.93. The smallest absolute Gasteiger partial charge is 0.330 e. The third-order valence-corrected chi connectivity index (χ3v) is 4.70. The lowest BCUT2D eigenvalue weighted by Gasteiger charge is -2.14. The van der Waals surface area contributed by atoms with Crippen LogP contribution in [-0.2, 0) is 17.3 Å². The first-order valence-corrected chi connectivity index (χ1v) is 8.31. The summed E-state index contributed by atoms with van der Waals surface area (Å²) < 4.78 is 35.2. The fourth-order valence-corrected chi connectivity index (χ4v) is 3.12. The quantitative estimate of drug-likeness (QED) is 0.644. The molecule has 0 aliphatic carbocycles. The minimum absolute atomic E-state index is 0.252. The maximum absolute atomic E-state index is 14.1. The molecule has 3 rings (SSSR count). The number of rotatable bonds is 5. The first-order chi connectivity index (χ1) is 12.3. The van der Waals surface area contributed by atoms with Crippen molar-refractivity contribution in [3.8, 4) is 5.75 Å². The number of fused-ring (bicyclic) bond motifs is 1. The predicted molar refractivity (Wildman–Crippen MR) is 96.2 cm³/mol. The van der Waals surface area contributed by atoms with Gasteiger partial charge in [0.15, 0.2) is 0 Å². The summed E-state index contributed by atoms with van der Waals surface area (Å²) >= 11 is 6.28. The van der Waals surface area contributed by atoms with Crippen LogP contribution in [0.5, 0.6) is 5.75 Å². The Balaban J connectivity index is 2.14. The molecular weight excluding hydrogens is 362 g/mol. The number of aromatic nitrogens is 2. The van der Waals surface area contributed by atoms with Gasteiger partial charge < -0.3 is 4.74 Å². The van der Waals surface area contributed by atoms with E-state index in [1.165, 1.54) is 19.2 Å². The molecule has 0 bridgehead atoms. The molecule has 26 heavy (non-hydrogen) atoms. The number of ether oxygens (including phenoxy) is 1. The van der Waals surface area contributed by atoms with Crippen molar-refractivity contribution in [2.45, 2.75) is 26.3 Å². The van der Waals surface area contributed by atoms with Crippen molar-refractivity contribution in [1.82, 2.24) is 9.78 Å². The average molecular weight is 379 g/mol. The Hall–Kier alpha value is -2.47. The minimum atomic E-state index is -3.54. The predicted octanol–water partition coefficient (Wildman–Crippen LogP) is 4.74. The zero-order chi connectivity index (χ0) is 19.1. The highest BCUT2D eigenvalue weighted by Gasteiger charge is 2.37. The molecule has 7 heteroatoms. The summed E-state index contributed by atoms with van der Waals surface area (Å²) in [5.74, 6) is -4.16. The van der Waals surface area contributed by atoms with Gasteiger partial charge in [-0.15, -0.1) is 0 Å². The third-order valence-electron chi connectivity index (χ3n) is 4.34. The number of hydrogen-bond acceptors (Lipinski definition) is 3. The molecule has 0 aliphatic heterocycles. The van der Waals surface area contributed by atoms with E-state index in [4.69, 9.17) is 16.3 Å². The van der Waals surface area contributed by atoms with Crippen molar-refractivity contribution < 1.29 is 18.3 Å². The molecule has 0 radical (unpaired) electrons. The summed E-state index contributed by atoms with van der Waals surface area (Å²) in [5.41, 5.74) is 1.54. The van der Waals surface area contributed by atoms with Crippen molar-refractivity contribution in [3.63, 3.8) is 0 Å². The second-order valence-corrected chi connectivity index (χ2v) is 6.43. The van der Waals surface area contributed by atoms with E-state index >= 15 is 0 Å². The van der Waals surface area contributed by atoms with Crippen LogP contribution in [-0.4, -0.2) is 22.7 Å². The van der Waals surface area contributed by atoms with E-state index in [-0.39, 0.29) is 12.1 Å². The Morgan fingerprint density at radius 3 is 2.69 bits per heavy atom. The van der Waals surface area contributed by atoms with Crippen LogP contribution >= 0.6 is 11.6 Å². The standard InChI is InChI=1S/C19H17ClF2N2O2/c1-11-14-8-7-13(19(21,22)12(2)25)9-17(14)24(23-11)10-15-16(20)5-4-6-18(15)26-3/h4-9H,10H2,1-3H3. The number of carbonyl (C=O) groups excluding carboxylic acids is 1. The molecule has 0 fully saturated rings. The Morgan fingerprint density at radius 1 is 1.31 bits per heavy atom. The van der Waals surface area contributed by atoms with Gasteiger partial charge in [-0.05, 0) is 25.1 Å². The van der Waals surface area contributed by atoms with Crippen LogP contribution in [0.3, 0.4) is 0 Å². The minimum Gasteiger partial charge on any atom is -0.496 e. The molecule has 0 saturated carbocycles. The summed E-state index contributed by atoms with van der Waals surface area (Å²) in [7, 11) is 1.53. The maximum Gasteiger partial charge on any atom is 0.330 e. The fourth-order valence-electron chi connectivity index (χ4n) is 2.89. The fraction of sp³-hybridized carbons (Fsp3) is 0.263. The van der Waals surface area contributed by atoms with Crippen LogP contribution in [0, 0.1) is 6.92 Å². The van der Waals surface area contributed by atoms with Gasteiger partial charge in [0.05, 0.1) is 24.9 Å². The monoisotopic (exact) mass is 378 g/mol. The van der Waals surface area contributed by atoms with Crippen LogP contribution < -0.4 is 4.74 Å². The van der Waals surface area contributed by atoms with E-state index in [2.05, 4.69) is 5.10 Å².